The van der Waals surface area contributed by atoms with Gasteiger partial charge < -0.3 is 4.74 Å². The third-order valence-electron chi connectivity index (χ3n) is 3.74. The summed E-state index contributed by atoms with van der Waals surface area (Å²) >= 11 is 1.68. The highest BCUT2D eigenvalue weighted by molar-refractivity contribution is 7.19. The molecule has 2 aromatic heterocycles. The van der Waals surface area contributed by atoms with Gasteiger partial charge in [-0.25, -0.2) is 4.98 Å². The van der Waals surface area contributed by atoms with Crippen LogP contribution in [0.5, 0.6) is 5.75 Å². The molecule has 0 aliphatic carbocycles. The van der Waals surface area contributed by atoms with Gasteiger partial charge in [-0.05, 0) is 42.5 Å². The van der Waals surface area contributed by atoms with Gasteiger partial charge in [0, 0.05) is 11.8 Å². The average molecular weight is 344 g/mol. The number of pyridine rings is 1. The van der Waals surface area contributed by atoms with E-state index in [0.717, 1.165) is 27.5 Å². The molecule has 0 fully saturated rings. The Morgan fingerprint density at radius 2 is 1.72 bits per heavy atom. The fourth-order valence-corrected chi connectivity index (χ4v) is 3.38. The Hall–Kier alpha value is -2.98. The van der Waals surface area contributed by atoms with Crippen molar-refractivity contribution in [1.29, 1.82) is 0 Å². The zero-order valence-corrected chi connectivity index (χ0v) is 14.3. The average Bonchev–Trinajstić information content (AvgIpc) is 3.09. The van der Waals surface area contributed by atoms with Gasteiger partial charge in [-0.15, -0.1) is 11.3 Å². The van der Waals surface area contributed by atoms with Gasteiger partial charge >= 0.3 is 0 Å². The second kappa shape index (κ2) is 7.28. The third-order valence-corrected chi connectivity index (χ3v) is 4.74. The summed E-state index contributed by atoms with van der Waals surface area (Å²) in [7, 11) is 0. The molecule has 4 rings (SSSR count). The maximum atomic E-state index is 5.94. The highest BCUT2D eigenvalue weighted by atomic mass is 32.1. The minimum Gasteiger partial charge on any atom is -0.487 e. The molecule has 0 saturated heterocycles. The first-order valence-electron chi connectivity index (χ1n) is 8.04. The maximum absolute atomic E-state index is 5.94. The molecule has 4 heteroatoms. The Labute approximate surface area is 150 Å². The molecule has 0 aliphatic rings. The fraction of sp³-hybridized carbons (Fsp3) is 0.0476. The fourth-order valence-electron chi connectivity index (χ4n) is 2.51. The van der Waals surface area contributed by atoms with Crippen LogP contribution in [-0.4, -0.2) is 9.97 Å². The summed E-state index contributed by atoms with van der Waals surface area (Å²) in [6.07, 6.45) is 5.86. The quantitative estimate of drug-likeness (QED) is 0.483. The zero-order valence-electron chi connectivity index (χ0n) is 13.5. The molecule has 2 aromatic carbocycles. The molecule has 0 bridgehead atoms. The second-order valence-corrected chi connectivity index (χ2v) is 6.56. The first-order valence-corrected chi connectivity index (χ1v) is 8.85. The molecular weight excluding hydrogens is 328 g/mol. The number of rotatable bonds is 5. The van der Waals surface area contributed by atoms with Gasteiger partial charge in [0.15, 0.2) is 0 Å². The van der Waals surface area contributed by atoms with Crippen molar-refractivity contribution >= 4 is 33.7 Å². The van der Waals surface area contributed by atoms with Crippen molar-refractivity contribution in [3.8, 4) is 5.75 Å². The van der Waals surface area contributed by atoms with Crippen molar-refractivity contribution in [2.75, 3.05) is 0 Å². The second-order valence-electron chi connectivity index (χ2n) is 5.50. The lowest BCUT2D eigenvalue weighted by Gasteiger charge is -2.08. The zero-order chi connectivity index (χ0) is 16.9. The van der Waals surface area contributed by atoms with Crippen LogP contribution in [0.4, 0.5) is 0 Å². The molecule has 3 nitrogen and oxygen atoms in total. The first-order chi connectivity index (χ1) is 12.4. The molecule has 25 heavy (non-hydrogen) atoms. The molecular formula is C21H16N2OS. The Morgan fingerprint density at radius 1 is 0.880 bits per heavy atom. The summed E-state index contributed by atoms with van der Waals surface area (Å²) in [5, 5.41) is 0.987. The summed E-state index contributed by atoms with van der Waals surface area (Å²) in [5.41, 5.74) is 2.97. The summed E-state index contributed by atoms with van der Waals surface area (Å²) in [6.45, 7) is 0.451. The van der Waals surface area contributed by atoms with E-state index in [-0.39, 0.29) is 0 Å². The van der Waals surface area contributed by atoms with E-state index in [1.54, 1.807) is 17.5 Å². The van der Waals surface area contributed by atoms with E-state index >= 15 is 0 Å². The van der Waals surface area contributed by atoms with Crippen LogP contribution in [0.1, 0.15) is 16.3 Å². The van der Waals surface area contributed by atoms with Crippen LogP contribution in [0, 0.1) is 0 Å². The number of hydrogen-bond acceptors (Lipinski definition) is 4. The summed E-state index contributed by atoms with van der Waals surface area (Å²) in [6, 6.07) is 22.0. The number of hydrogen-bond donors (Lipinski definition) is 0. The largest absolute Gasteiger partial charge is 0.487 e. The Balaban J connectivity index is 1.54. The number of para-hydroxylation sites is 2. The van der Waals surface area contributed by atoms with Crippen LogP contribution in [0.15, 0.2) is 72.9 Å². The van der Waals surface area contributed by atoms with Gasteiger partial charge in [-0.2, -0.15) is 0 Å². The normalized spacial score (nSPS) is 11.2. The van der Waals surface area contributed by atoms with Gasteiger partial charge in [-0.1, -0.05) is 36.4 Å². The lowest BCUT2D eigenvalue weighted by molar-refractivity contribution is 0.300. The highest BCUT2D eigenvalue weighted by Crippen LogP contribution is 2.25. The van der Waals surface area contributed by atoms with E-state index in [4.69, 9.17) is 4.74 Å². The van der Waals surface area contributed by atoms with E-state index in [2.05, 4.69) is 16.0 Å². The minimum absolute atomic E-state index is 0.451. The molecule has 0 unspecified atom stereocenters. The molecule has 0 N–H and O–H groups in total. The van der Waals surface area contributed by atoms with Crippen LogP contribution >= 0.6 is 11.3 Å². The summed E-state index contributed by atoms with van der Waals surface area (Å²) < 4.78 is 7.14. The minimum atomic E-state index is 0.451. The molecule has 0 spiro atoms. The van der Waals surface area contributed by atoms with Crippen molar-refractivity contribution in [1.82, 2.24) is 9.97 Å². The van der Waals surface area contributed by atoms with Gasteiger partial charge in [-0.3, -0.25) is 4.98 Å². The van der Waals surface area contributed by atoms with Crippen molar-refractivity contribution in [3.05, 3.63) is 89.2 Å². The maximum Gasteiger partial charge on any atom is 0.130 e. The molecule has 122 valence electrons. The Bertz CT molecular complexity index is 976. The van der Waals surface area contributed by atoms with Crippen LogP contribution < -0.4 is 4.74 Å². The Kier molecular flexibility index (Phi) is 4.53. The number of fused-ring (bicyclic) bond motifs is 1. The number of ether oxygens (including phenoxy) is 1. The van der Waals surface area contributed by atoms with Crippen molar-refractivity contribution in [2.24, 2.45) is 0 Å². The van der Waals surface area contributed by atoms with Crippen molar-refractivity contribution < 1.29 is 4.74 Å². The third kappa shape index (κ3) is 3.75. The molecule has 0 saturated carbocycles. The molecule has 2 heterocycles. The summed E-state index contributed by atoms with van der Waals surface area (Å²) in [5.74, 6) is 0.838. The van der Waals surface area contributed by atoms with Crippen molar-refractivity contribution in [2.45, 2.75) is 6.61 Å². The molecule has 0 atom stereocenters. The molecule has 4 aromatic rings. The van der Waals surface area contributed by atoms with Crippen LogP contribution in [0.25, 0.3) is 22.4 Å². The van der Waals surface area contributed by atoms with Gasteiger partial charge in [0.1, 0.15) is 17.4 Å². The van der Waals surface area contributed by atoms with Gasteiger partial charge in [0.05, 0.1) is 15.9 Å². The first kappa shape index (κ1) is 15.5. The lowest BCUT2D eigenvalue weighted by atomic mass is 10.2. The summed E-state index contributed by atoms with van der Waals surface area (Å²) in [4.78, 5) is 8.92. The predicted molar refractivity (Wildman–Crippen MR) is 104 cm³/mol. The number of thiazole rings is 1. The topological polar surface area (TPSA) is 35.0 Å². The lowest BCUT2D eigenvalue weighted by Crippen LogP contribution is -1.98. The van der Waals surface area contributed by atoms with Crippen LogP contribution in [0.3, 0.4) is 0 Å². The number of nitrogens with zero attached hydrogens (tertiary/aromatic N) is 2. The van der Waals surface area contributed by atoms with Gasteiger partial charge in [0.2, 0.25) is 0 Å². The van der Waals surface area contributed by atoms with Gasteiger partial charge in [0.25, 0.3) is 0 Å². The van der Waals surface area contributed by atoms with E-state index < -0.39 is 0 Å². The van der Waals surface area contributed by atoms with E-state index in [9.17, 15) is 0 Å². The molecule has 0 aliphatic heterocycles. The smallest absolute Gasteiger partial charge is 0.130 e. The molecule has 0 amide bonds. The van der Waals surface area contributed by atoms with Crippen LogP contribution in [-0.2, 0) is 6.61 Å². The standard InChI is InChI=1S/C21H16N2OS/c1-3-10-19(24-15-17-8-5-6-14-22-17)16(7-1)12-13-21-23-18-9-2-4-11-20(18)25-21/h1-14H,15H2/b13-12+. The SMILES string of the molecule is C(=C\c1ccccc1OCc1ccccn1)/c1nc2ccccc2s1. The van der Waals surface area contributed by atoms with E-state index in [1.807, 2.05) is 72.8 Å². The highest BCUT2D eigenvalue weighted by Gasteiger charge is 2.03. The Morgan fingerprint density at radius 3 is 2.60 bits per heavy atom. The van der Waals surface area contributed by atoms with Crippen molar-refractivity contribution in [3.63, 3.8) is 0 Å². The van der Waals surface area contributed by atoms with E-state index in [0.29, 0.717) is 6.61 Å². The molecule has 0 radical (unpaired) electrons. The number of benzene rings is 2. The predicted octanol–water partition coefficient (Wildman–Crippen LogP) is 5.44. The van der Waals surface area contributed by atoms with E-state index in [1.165, 1.54) is 4.70 Å². The van der Waals surface area contributed by atoms with Crippen LogP contribution in [0.2, 0.25) is 0 Å². The monoisotopic (exact) mass is 344 g/mol. The number of aromatic nitrogens is 2.